The van der Waals surface area contributed by atoms with Crippen LogP contribution < -0.4 is 0 Å². The Bertz CT molecular complexity index is 329. The predicted octanol–water partition coefficient (Wildman–Crippen LogP) is 3.15. The smallest absolute Gasteiger partial charge is 0.0598 e. The van der Waals surface area contributed by atoms with Gasteiger partial charge in [-0.15, -0.1) is 0 Å². The summed E-state index contributed by atoms with van der Waals surface area (Å²) in [5.41, 5.74) is 0.435. The third-order valence-electron chi connectivity index (χ3n) is 5.25. The van der Waals surface area contributed by atoms with Gasteiger partial charge in [-0.1, -0.05) is 27.7 Å². The first-order valence-corrected chi connectivity index (χ1v) is 9.64. The molecule has 2 fully saturated rings. The van der Waals surface area contributed by atoms with E-state index < -0.39 is 0 Å². The Morgan fingerprint density at radius 3 is 2.36 bits per heavy atom. The zero-order valence-corrected chi connectivity index (χ0v) is 15.9. The standard InChI is InChI=1S/C18H36N2OS/c1-5-19-6-8-20(9-7-19)13-17(22)14-21-16-10-15(2)11-18(3,4)12-16/h15-17,22H,5-14H2,1-4H3/t15-,16-,17-/m0/s1. The Labute approximate surface area is 143 Å². The van der Waals surface area contributed by atoms with Crippen molar-refractivity contribution in [3.63, 3.8) is 0 Å². The monoisotopic (exact) mass is 328 g/mol. The van der Waals surface area contributed by atoms with E-state index in [0.29, 0.717) is 16.8 Å². The number of piperazine rings is 1. The zero-order valence-electron chi connectivity index (χ0n) is 15.1. The summed E-state index contributed by atoms with van der Waals surface area (Å²) in [6, 6.07) is 0. The highest BCUT2D eigenvalue weighted by atomic mass is 32.1. The molecule has 3 atom stereocenters. The fraction of sp³-hybridized carbons (Fsp3) is 1.00. The highest BCUT2D eigenvalue weighted by molar-refractivity contribution is 7.81. The lowest BCUT2D eigenvalue weighted by atomic mass is 9.71. The normalized spacial score (nSPS) is 32.0. The average molecular weight is 329 g/mol. The number of rotatable bonds is 6. The molecule has 0 spiro atoms. The summed E-state index contributed by atoms with van der Waals surface area (Å²) in [4.78, 5) is 5.06. The lowest BCUT2D eigenvalue weighted by molar-refractivity contribution is -0.0243. The first-order chi connectivity index (χ1) is 10.4. The number of nitrogens with zero attached hydrogens (tertiary/aromatic N) is 2. The fourth-order valence-corrected chi connectivity index (χ4v) is 4.59. The number of likely N-dealkylation sites (N-methyl/N-ethyl adjacent to an activating group) is 1. The zero-order chi connectivity index (χ0) is 16.2. The van der Waals surface area contributed by atoms with Gasteiger partial charge in [0, 0.05) is 38.0 Å². The van der Waals surface area contributed by atoms with Crippen molar-refractivity contribution in [1.82, 2.24) is 9.80 Å². The van der Waals surface area contributed by atoms with E-state index in [1.54, 1.807) is 0 Å². The molecule has 0 bridgehead atoms. The third kappa shape index (κ3) is 6.03. The molecule has 1 saturated carbocycles. The summed E-state index contributed by atoms with van der Waals surface area (Å²) in [6.07, 6.45) is 4.19. The summed E-state index contributed by atoms with van der Waals surface area (Å²) in [6.45, 7) is 17.2. The molecule has 0 aromatic carbocycles. The predicted molar refractivity (Wildman–Crippen MR) is 97.9 cm³/mol. The molecular weight excluding hydrogens is 292 g/mol. The van der Waals surface area contributed by atoms with Gasteiger partial charge in [0.05, 0.1) is 12.7 Å². The van der Waals surface area contributed by atoms with Crippen molar-refractivity contribution < 1.29 is 4.74 Å². The largest absolute Gasteiger partial charge is 0.377 e. The van der Waals surface area contributed by atoms with E-state index in [1.165, 1.54) is 52.0 Å². The molecule has 1 aliphatic heterocycles. The maximum absolute atomic E-state index is 6.22. The molecule has 1 aliphatic carbocycles. The maximum atomic E-state index is 6.22. The molecule has 4 heteroatoms. The summed E-state index contributed by atoms with van der Waals surface area (Å²) in [7, 11) is 0. The molecule has 3 nitrogen and oxygen atoms in total. The molecule has 0 unspecified atom stereocenters. The van der Waals surface area contributed by atoms with Crippen molar-refractivity contribution in [3.05, 3.63) is 0 Å². The van der Waals surface area contributed by atoms with Crippen molar-refractivity contribution >= 4 is 12.6 Å². The van der Waals surface area contributed by atoms with Crippen LogP contribution in [0.2, 0.25) is 0 Å². The topological polar surface area (TPSA) is 15.7 Å². The Morgan fingerprint density at radius 1 is 1.14 bits per heavy atom. The number of hydrogen-bond acceptors (Lipinski definition) is 4. The molecular formula is C18H36N2OS. The SMILES string of the molecule is CCN1CCN(C[C@H](S)CO[C@H]2C[C@H](C)CC(C)(C)C2)CC1. The molecule has 0 radical (unpaired) electrons. The summed E-state index contributed by atoms with van der Waals surface area (Å²) in [5.74, 6) is 0.786. The van der Waals surface area contributed by atoms with Crippen LogP contribution in [0.3, 0.4) is 0 Å². The molecule has 0 aromatic rings. The molecule has 2 aliphatic rings. The minimum atomic E-state index is 0.341. The van der Waals surface area contributed by atoms with E-state index in [9.17, 15) is 0 Å². The van der Waals surface area contributed by atoms with Crippen LogP contribution in [0.1, 0.15) is 47.0 Å². The van der Waals surface area contributed by atoms with Gasteiger partial charge in [0.25, 0.3) is 0 Å². The molecule has 2 rings (SSSR count). The Kier molecular flexibility index (Phi) is 7.06. The van der Waals surface area contributed by atoms with Gasteiger partial charge in [0.1, 0.15) is 0 Å². The molecule has 1 heterocycles. The van der Waals surface area contributed by atoms with Gasteiger partial charge in [0.15, 0.2) is 0 Å². The van der Waals surface area contributed by atoms with Crippen LogP contribution in [-0.2, 0) is 4.74 Å². The summed E-state index contributed by atoms with van der Waals surface area (Å²) >= 11 is 4.77. The van der Waals surface area contributed by atoms with E-state index in [0.717, 1.165) is 19.1 Å². The van der Waals surface area contributed by atoms with Gasteiger partial charge in [-0.05, 0) is 37.1 Å². The third-order valence-corrected chi connectivity index (χ3v) is 5.56. The molecule has 130 valence electrons. The van der Waals surface area contributed by atoms with Gasteiger partial charge >= 0.3 is 0 Å². The first kappa shape index (κ1) is 18.6. The van der Waals surface area contributed by atoms with Crippen LogP contribution in [0, 0.1) is 11.3 Å². The van der Waals surface area contributed by atoms with Crippen LogP contribution in [0.25, 0.3) is 0 Å². The second-order valence-corrected chi connectivity index (χ2v) is 8.99. The highest BCUT2D eigenvalue weighted by Crippen LogP contribution is 2.39. The molecule has 1 saturated heterocycles. The molecule has 0 aromatic heterocycles. The van der Waals surface area contributed by atoms with Crippen molar-refractivity contribution in [2.24, 2.45) is 11.3 Å². The lowest BCUT2D eigenvalue weighted by Crippen LogP contribution is -2.48. The highest BCUT2D eigenvalue weighted by Gasteiger charge is 2.32. The van der Waals surface area contributed by atoms with Gasteiger partial charge in [-0.2, -0.15) is 12.6 Å². The lowest BCUT2D eigenvalue weighted by Gasteiger charge is -2.39. The summed E-state index contributed by atoms with van der Waals surface area (Å²) in [5, 5.41) is 0.341. The van der Waals surface area contributed by atoms with E-state index in [-0.39, 0.29) is 0 Å². The van der Waals surface area contributed by atoms with Crippen molar-refractivity contribution in [2.75, 3.05) is 45.9 Å². The number of ether oxygens (including phenoxy) is 1. The van der Waals surface area contributed by atoms with Gasteiger partial charge in [-0.25, -0.2) is 0 Å². The first-order valence-electron chi connectivity index (χ1n) is 9.12. The minimum absolute atomic E-state index is 0.341. The van der Waals surface area contributed by atoms with E-state index >= 15 is 0 Å². The van der Waals surface area contributed by atoms with E-state index in [4.69, 9.17) is 17.4 Å². The Balaban J connectivity index is 1.66. The summed E-state index contributed by atoms with van der Waals surface area (Å²) < 4.78 is 6.22. The quantitative estimate of drug-likeness (QED) is 0.754. The molecule has 22 heavy (non-hydrogen) atoms. The second-order valence-electron chi connectivity index (χ2n) is 8.26. The molecule has 0 amide bonds. The number of hydrogen-bond donors (Lipinski definition) is 1. The Morgan fingerprint density at radius 2 is 1.77 bits per heavy atom. The average Bonchev–Trinajstić information content (AvgIpc) is 2.44. The van der Waals surface area contributed by atoms with Crippen LogP contribution >= 0.6 is 12.6 Å². The van der Waals surface area contributed by atoms with Crippen LogP contribution in [0.4, 0.5) is 0 Å². The van der Waals surface area contributed by atoms with Crippen LogP contribution in [-0.4, -0.2) is 67.0 Å². The van der Waals surface area contributed by atoms with Gasteiger partial charge in [0.2, 0.25) is 0 Å². The van der Waals surface area contributed by atoms with Crippen molar-refractivity contribution in [3.8, 4) is 0 Å². The molecule has 0 N–H and O–H groups in total. The van der Waals surface area contributed by atoms with Gasteiger partial charge in [-0.3, -0.25) is 4.90 Å². The Hall–Kier alpha value is 0.230. The van der Waals surface area contributed by atoms with Crippen LogP contribution in [0.5, 0.6) is 0 Å². The minimum Gasteiger partial charge on any atom is -0.377 e. The van der Waals surface area contributed by atoms with Crippen molar-refractivity contribution in [1.29, 1.82) is 0 Å². The van der Waals surface area contributed by atoms with Crippen LogP contribution in [0.15, 0.2) is 0 Å². The maximum Gasteiger partial charge on any atom is 0.0598 e. The van der Waals surface area contributed by atoms with Gasteiger partial charge < -0.3 is 9.64 Å². The van der Waals surface area contributed by atoms with E-state index in [2.05, 4.69) is 37.5 Å². The van der Waals surface area contributed by atoms with E-state index in [1.807, 2.05) is 0 Å². The second kappa shape index (κ2) is 8.36. The van der Waals surface area contributed by atoms with Crippen molar-refractivity contribution in [2.45, 2.75) is 58.3 Å². The number of thiol groups is 1. The fourth-order valence-electron chi connectivity index (χ4n) is 4.27.